The molecule has 0 atom stereocenters. The highest BCUT2D eigenvalue weighted by Crippen LogP contribution is 2.20. The summed E-state index contributed by atoms with van der Waals surface area (Å²) in [4.78, 5) is 22.5. The normalized spacial score (nSPS) is 9.67. The van der Waals surface area contributed by atoms with E-state index in [4.69, 9.17) is 0 Å². The van der Waals surface area contributed by atoms with E-state index in [1.54, 1.807) is 0 Å². The summed E-state index contributed by atoms with van der Waals surface area (Å²) in [6.45, 7) is 0. The van der Waals surface area contributed by atoms with Gasteiger partial charge in [0.1, 0.15) is 0 Å². The van der Waals surface area contributed by atoms with Gasteiger partial charge in [0, 0.05) is 12.2 Å². The number of nitro groups is 2. The van der Waals surface area contributed by atoms with Gasteiger partial charge in [-0.2, -0.15) is 9.97 Å². The van der Waals surface area contributed by atoms with Gasteiger partial charge >= 0.3 is 16.4 Å². The highest BCUT2D eigenvalue weighted by Gasteiger charge is 2.25. The van der Waals surface area contributed by atoms with Crippen molar-refractivity contribution < 1.29 is 9.85 Å². The molecule has 12 heavy (non-hydrogen) atoms. The van der Waals surface area contributed by atoms with E-state index in [2.05, 4.69) is 12.2 Å². The minimum Gasteiger partial charge on any atom is -0.358 e. The molecule has 1 heterocycles. The average molecular weight is 190 g/mol. The molecule has 0 aliphatic heterocycles. The van der Waals surface area contributed by atoms with Crippen molar-refractivity contribution in [1.82, 2.24) is 9.97 Å². The molecule has 64 valence electrons. The second kappa shape index (κ2) is 2.70. The Morgan fingerprint density at radius 2 is 1.42 bits per heavy atom. The van der Waals surface area contributed by atoms with Crippen molar-refractivity contribution in [2.45, 2.75) is 0 Å². The van der Waals surface area contributed by atoms with Crippen molar-refractivity contribution in [1.29, 1.82) is 0 Å². The third kappa shape index (κ3) is 1.29. The van der Waals surface area contributed by atoms with Crippen LogP contribution in [0.5, 0.6) is 0 Å². The van der Waals surface area contributed by atoms with Crippen molar-refractivity contribution in [3.8, 4) is 0 Å². The van der Waals surface area contributed by atoms with E-state index in [0.717, 1.165) is 0 Å². The van der Waals surface area contributed by atoms with Gasteiger partial charge < -0.3 is 20.2 Å². The number of H-pyrrole nitrogens is 2. The molecular formula is C3H2N4O4S. The average Bonchev–Trinajstić information content (AvgIpc) is 2.31. The van der Waals surface area contributed by atoms with Gasteiger partial charge in [0.25, 0.3) is 0 Å². The molecule has 0 radical (unpaired) electrons. The van der Waals surface area contributed by atoms with Crippen molar-refractivity contribution >= 4 is 23.9 Å². The molecule has 0 saturated heterocycles. The third-order valence-electron chi connectivity index (χ3n) is 1.05. The predicted octanol–water partition coefficient (Wildman–Crippen LogP) is 0.889. The van der Waals surface area contributed by atoms with Crippen LogP contribution in [0, 0.1) is 25.0 Å². The molecule has 9 heteroatoms. The van der Waals surface area contributed by atoms with Crippen LogP contribution in [0.2, 0.25) is 0 Å². The summed E-state index contributed by atoms with van der Waals surface area (Å²) in [5.74, 6) is -1.46. The molecule has 0 aliphatic rings. The fourth-order valence-electron chi connectivity index (χ4n) is 0.629. The largest absolute Gasteiger partial charge is 0.419 e. The van der Waals surface area contributed by atoms with E-state index in [-0.39, 0.29) is 4.77 Å². The fourth-order valence-corrected chi connectivity index (χ4v) is 0.822. The molecule has 0 amide bonds. The second-order valence-corrected chi connectivity index (χ2v) is 2.20. The first-order chi connectivity index (χ1) is 5.52. The van der Waals surface area contributed by atoms with Crippen molar-refractivity contribution in [2.24, 2.45) is 0 Å². The molecule has 0 fully saturated rings. The molecule has 0 spiro atoms. The third-order valence-corrected chi connectivity index (χ3v) is 1.26. The summed E-state index contributed by atoms with van der Waals surface area (Å²) in [6, 6.07) is 0. The molecule has 1 aromatic rings. The number of imidazole rings is 1. The topological polar surface area (TPSA) is 118 Å². The highest BCUT2D eigenvalue weighted by atomic mass is 32.1. The number of aromatic amines is 2. The summed E-state index contributed by atoms with van der Waals surface area (Å²) in [7, 11) is 0. The van der Waals surface area contributed by atoms with Gasteiger partial charge in [-0.1, -0.05) is 0 Å². The van der Waals surface area contributed by atoms with Crippen LogP contribution in [0.3, 0.4) is 0 Å². The lowest BCUT2D eigenvalue weighted by Crippen LogP contribution is -1.94. The molecule has 8 nitrogen and oxygen atoms in total. The Kier molecular flexibility index (Phi) is 1.87. The minimum absolute atomic E-state index is 0.145. The van der Waals surface area contributed by atoms with Crippen molar-refractivity contribution in [3.63, 3.8) is 0 Å². The number of nitrogens with one attached hydrogen (secondary N) is 2. The van der Waals surface area contributed by atoms with Crippen molar-refractivity contribution in [3.05, 3.63) is 25.0 Å². The van der Waals surface area contributed by atoms with Gasteiger partial charge in [-0.3, -0.25) is 0 Å². The zero-order chi connectivity index (χ0) is 9.30. The van der Waals surface area contributed by atoms with E-state index in [1.165, 1.54) is 0 Å². The highest BCUT2D eigenvalue weighted by molar-refractivity contribution is 7.71. The van der Waals surface area contributed by atoms with Crippen LogP contribution >= 0.6 is 12.2 Å². The Bertz CT molecular complexity index is 357. The van der Waals surface area contributed by atoms with Gasteiger partial charge in [0.15, 0.2) is 0 Å². The van der Waals surface area contributed by atoms with Crippen molar-refractivity contribution in [2.75, 3.05) is 0 Å². The van der Waals surface area contributed by atoms with E-state index in [0.29, 0.717) is 0 Å². The number of hydrogen-bond acceptors (Lipinski definition) is 5. The van der Waals surface area contributed by atoms with Gasteiger partial charge in [0.05, 0.1) is 0 Å². The predicted molar refractivity (Wildman–Crippen MR) is 39.3 cm³/mol. The van der Waals surface area contributed by atoms with E-state index in [1.807, 2.05) is 9.97 Å². The van der Waals surface area contributed by atoms with Crippen LogP contribution in [0.1, 0.15) is 0 Å². The standard InChI is InChI=1S/C3H2N4O4S/c8-6(9)1-2(7(10)11)5-3(12)4-1/h(H2,4,5,12). The maximum absolute atomic E-state index is 10.1. The van der Waals surface area contributed by atoms with Crippen LogP contribution in [0.25, 0.3) is 0 Å². The Morgan fingerprint density at radius 1 is 1.08 bits per heavy atom. The maximum atomic E-state index is 10.1. The first-order valence-corrected chi connectivity index (χ1v) is 3.04. The number of nitrogens with zero attached hydrogens (tertiary/aromatic N) is 2. The smallest absolute Gasteiger partial charge is 0.358 e. The Morgan fingerprint density at radius 3 is 1.67 bits per heavy atom. The Balaban J connectivity index is 3.36. The minimum atomic E-state index is -0.912. The number of hydrogen-bond donors (Lipinski definition) is 2. The number of aromatic nitrogens is 2. The van der Waals surface area contributed by atoms with Crippen LogP contribution in [0.15, 0.2) is 0 Å². The lowest BCUT2D eigenvalue weighted by molar-refractivity contribution is -0.427. The SMILES string of the molecule is O=[N+]([O-])c1[nH]c(=S)[nH]c1[N+](=O)[O-]. The van der Waals surface area contributed by atoms with E-state index >= 15 is 0 Å². The molecular weight excluding hydrogens is 188 g/mol. The van der Waals surface area contributed by atoms with Crippen LogP contribution in [-0.2, 0) is 0 Å². The Hall–Kier alpha value is -1.77. The lowest BCUT2D eigenvalue weighted by Gasteiger charge is -1.89. The molecule has 0 aliphatic carbocycles. The lowest BCUT2D eigenvalue weighted by atomic mass is 10.7. The van der Waals surface area contributed by atoms with E-state index < -0.39 is 21.5 Å². The molecule has 0 aromatic carbocycles. The summed E-state index contributed by atoms with van der Waals surface area (Å²) < 4.78 is -0.145. The summed E-state index contributed by atoms with van der Waals surface area (Å²) >= 11 is 4.44. The van der Waals surface area contributed by atoms with Gasteiger partial charge in [-0.25, -0.2) is 0 Å². The van der Waals surface area contributed by atoms with Gasteiger partial charge in [-0.15, -0.1) is 0 Å². The zero-order valence-electron chi connectivity index (χ0n) is 5.44. The fraction of sp³-hybridized carbons (Fsp3) is 0. The molecule has 2 N–H and O–H groups in total. The van der Waals surface area contributed by atoms with Gasteiger partial charge in [0.2, 0.25) is 0 Å². The molecule has 0 bridgehead atoms. The van der Waals surface area contributed by atoms with Crippen LogP contribution < -0.4 is 0 Å². The second-order valence-electron chi connectivity index (χ2n) is 1.79. The van der Waals surface area contributed by atoms with Crippen LogP contribution in [0.4, 0.5) is 11.6 Å². The Labute approximate surface area is 69.5 Å². The number of rotatable bonds is 2. The molecule has 0 saturated carbocycles. The van der Waals surface area contributed by atoms with E-state index in [9.17, 15) is 20.2 Å². The monoisotopic (exact) mass is 190 g/mol. The summed E-state index contributed by atoms with van der Waals surface area (Å²) in [6.07, 6.45) is 0. The maximum Gasteiger partial charge on any atom is 0.419 e. The first kappa shape index (κ1) is 8.33. The molecule has 1 rings (SSSR count). The first-order valence-electron chi connectivity index (χ1n) is 2.63. The molecule has 1 aromatic heterocycles. The zero-order valence-corrected chi connectivity index (χ0v) is 6.25. The van der Waals surface area contributed by atoms with Crippen LogP contribution in [-0.4, -0.2) is 19.8 Å². The molecule has 0 unspecified atom stereocenters. The summed E-state index contributed by atoms with van der Waals surface area (Å²) in [5.41, 5.74) is 0. The quantitative estimate of drug-likeness (QED) is 0.407. The van der Waals surface area contributed by atoms with Gasteiger partial charge in [-0.05, 0) is 9.85 Å². The summed E-state index contributed by atoms with van der Waals surface area (Å²) in [5, 5.41) is 20.3.